The molecule has 0 fully saturated rings. The maximum atomic E-state index is 12.8. The van der Waals surface area contributed by atoms with Crippen molar-refractivity contribution in [3.05, 3.63) is 65.7 Å². The smallest absolute Gasteiger partial charge is 0.407 e. The molecule has 184 valence electrons. The summed E-state index contributed by atoms with van der Waals surface area (Å²) in [7, 11) is -2.03. The van der Waals surface area contributed by atoms with Crippen LogP contribution >= 0.6 is 0 Å². The first-order chi connectivity index (χ1) is 15.9. The number of carbonyl (C=O) groups is 2. The molecule has 1 aliphatic heterocycles. The van der Waals surface area contributed by atoms with E-state index in [1.165, 1.54) is 0 Å². The van der Waals surface area contributed by atoms with Crippen LogP contribution in [0.3, 0.4) is 0 Å². The van der Waals surface area contributed by atoms with Gasteiger partial charge in [0.1, 0.15) is 6.61 Å². The molecule has 6 nitrogen and oxygen atoms in total. The summed E-state index contributed by atoms with van der Waals surface area (Å²) in [6.07, 6.45) is -0.476. The quantitative estimate of drug-likeness (QED) is 0.509. The van der Waals surface area contributed by atoms with Crippen LogP contribution < -0.4 is 10.2 Å². The molecule has 0 spiro atoms. The van der Waals surface area contributed by atoms with Crippen molar-refractivity contribution in [1.29, 1.82) is 0 Å². The number of carbonyl (C=O) groups excluding carboxylic acids is 2. The summed E-state index contributed by atoms with van der Waals surface area (Å²) < 4.78 is 12.1. The lowest BCUT2D eigenvalue weighted by molar-refractivity contribution is -0.117. The van der Waals surface area contributed by atoms with Gasteiger partial charge in [0.2, 0.25) is 5.91 Å². The zero-order chi connectivity index (χ0) is 25.1. The van der Waals surface area contributed by atoms with E-state index in [2.05, 4.69) is 46.1 Å². The molecule has 0 saturated carbocycles. The van der Waals surface area contributed by atoms with Crippen molar-refractivity contribution < 1.29 is 18.8 Å². The molecule has 1 aliphatic rings. The SMILES string of the molecule is CC(=O)N1c2ccccc2C(NC(=O)OCc2ccccc2)C(C)C1CO[Si](C)(C)C(C)(C)C. The number of para-hydroxylation sites is 1. The zero-order valence-electron chi connectivity index (χ0n) is 21.4. The minimum atomic E-state index is -2.03. The number of ether oxygens (including phenoxy) is 1. The van der Waals surface area contributed by atoms with Crippen molar-refractivity contribution in [2.45, 2.75) is 71.4 Å². The second-order valence-electron chi connectivity index (χ2n) is 10.6. The Morgan fingerprint density at radius 3 is 2.26 bits per heavy atom. The number of benzene rings is 2. The summed E-state index contributed by atoms with van der Waals surface area (Å²) >= 11 is 0. The molecule has 3 unspecified atom stereocenters. The fourth-order valence-electron chi connectivity index (χ4n) is 4.13. The second kappa shape index (κ2) is 10.3. The third-order valence-electron chi connectivity index (χ3n) is 7.24. The molecule has 0 radical (unpaired) electrons. The molecular formula is C27H38N2O4Si. The Bertz CT molecular complexity index is 1000. The number of fused-ring (bicyclic) bond motifs is 1. The van der Waals surface area contributed by atoms with Crippen LogP contribution in [-0.4, -0.2) is 33.0 Å². The highest BCUT2D eigenvalue weighted by molar-refractivity contribution is 6.74. The molecule has 0 aromatic heterocycles. The number of hydrogen-bond acceptors (Lipinski definition) is 4. The molecule has 34 heavy (non-hydrogen) atoms. The predicted octanol–water partition coefficient (Wildman–Crippen LogP) is 6.05. The summed E-state index contributed by atoms with van der Waals surface area (Å²) in [6, 6.07) is 16.8. The molecule has 1 heterocycles. The van der Waals surface area contributed by atoms with Gasteiger partial charge in [-0.2, -0.15) is 0 Å². The van der Waals surface area contributed by atoms with Gasteiger partial charge in [0.05, 0.1) is 18.7 Å². The molecule has 0 bridgehead atoms. The van der Waals surface area contributed by atoms with Crippen LogP contribution in [0.25, 0.3) is 0 Å². The number of amides is 2. The Labute approximate surface area is 204 Å². The maximum Gasteiger partial charge on any atom is 0.407 e. The molecule has 3 atom stereocenters. The van der Waals surface area contributed by atoms with Gasteiger partial charge in [-0.3, -0.25) is 4.79 Å². The van der Waals surface area contributed by atoms with Crippen LogP contribution in [0.4, 0.5) is 10.5 Å². The summed E-state index contributed by atoms with van der Waals surface area (Å²) in [5, 5.41) is 3.13. The lowest BCUT2D eigenvalue weighted by Crippen LogP contribution is -2.55. The van der Waals surface area contributed by atoms with Crippen molar-refractivity contribution in [1.82, 2.24) is 5.32 Å². The van der Waals surface area contributed by atoms with Gasteiger partial charge in [-0.15, -0.1) is 0 Å². The van der Waals surface area contributed by atoms with Crippen molar-refractivity contribution in [2.24, 2.45) is 5.92 Å². The lowest BCUT2D eigenvalue weighted by atomic mass is 9.82. The summed E-state index contributed by atoms with van der Waals surface area (Å²) in [6.45, 7) is 15.3. The monoisotopic (exact) mass is 482 g/mol. The zero-order valence-corrected chi connectivity index (χ0v) is 22.4. The highest BCUT2D eigenvalue weighted by atomic mass is 28.4. The third kappa shape index (κ3) is 5.70. The molecular weight excluding hydrogens is 444 g/mol. The van der Waals surface area contributed by atoms with Crippen molar-refractivity contribution in [3.63, 3.8) is 0 Å². The van der Waals surface area contributed by atoms with Gasteiger partial charge in [0.25, 0.3) is 0 Å². The van der Waals surface area contributed by atoms with Gasteiger partial charge in [-0.1, -0.05) is 76.2 Å². The van der Waals surface area contributed by atoms with Crippen molar-refractivity contribution in [3.8, 4) is 0 Å². The highest BCUT2D eigenvalue weighted by Gasteiger charge is 2.44. The Morgan fingerprint density at radius 2 is 1.65 bits per heavy atom. The maximum absolute atomic E-state index is 12.8. The van der Waals surface area contributed by atoms with Gasteiger partial charge >= 0.3 is 6.09 Å². The van der Waals surface area contributed by atoms with E-state index in [-0.39, 0.29) is 35.6 Å². The summed E-state index contributed by atoms with van der Waals surface area (Å²) in [5.41, 5.74) is 2.65. The van der Waals surface area contributed by atoms with Crippen LogP contribution in [0, 0.1) is 5.92 Å². The van der Waals surface area contributed by atoms with Gasteiger partial charge in [0, 0.05) is 18.5 Å². The Hall–Kier alpha value is -2.64. The molecule has 0 saturated heterocycles. The van der Waals surface area contributed by atoms with E-state index in [0.29, 0.717) is 6.61 Å². The van der Waals surface area contributed by atoms with Crippen LogP contribution in [0.15, 0.2) is 54.6 Å². The van der Waals surface area contributed by atoms with Crippen molar-refractivity contribution >= 4 is 26.0 Å². The topological polar surface area (TPSA) is 67.9 Å². The second-order valence-corrected chi connectivity index (χ2v) is 15.4. The average molecular weight is 483 g/mol. The minimum Gasteiger partial charge on any atom is -0.445 e. The number of anilines is 1. The average Bonchev–Trinajstić information content (AvgIpc) is 2.78. The van der Waals surface area contributed by atoms with E-state index >= 15 is 0 Å². The van der Waals surface area contributed by atoms with E-state index < -0.39 is 14.4 Å². The first-order valence-corrected chi connectivity index (χ1v) is 14.8. The normalized spacial score (nSPS) is 20.4. The fourth-order valence-corrected chi connectivity index (χ4v) is 5.15. The molecule has 2 amide bonds. The lowest BCUT2D eigenvalue weighted by Gasteiger charge is -2.46. The Balaban J connectivity index is 1.85. The minimum absolute atomic E-state index is 0.0340. The summed E-state index contributed by atoms with van der Waals surface area (Å²) in [5.74, 6) is -0.110. The van der Waals surface area contributed by atoms with E-state index in [0.717, 1.165) is 16.8 Å². The van der Waals surface area contributed by atoms with Gasteiger partial charge in [-0.25, -0.2) is 4.79 Å². The number of rotatable bonds is 6. The van der Waals surface area contributed by atoms with Gasteiger partial charge < -0.3 is 19.4 Å². The molecule has 2 aromatic rings. The molecule has 3 rings (SSSR count). The largest absolute Gasteiger partial charge is 0.445 e. The number of nitrogens with zero attached hydrogens (tertiary/aromatic N) is 1. The number of nitrogens with one attached hydrogen (secondary N) is 1. The van der Waals surface area contributed by atoms with Crippen LogP contribution in [0.5, 0.6) is 0 Å². The van der Waals surface area contributed by atoms with Crippen LogP contribution in [0.1, 0.15) is 51.8 Å². The molecule has 0 aliphatic carbocycles. The van der Waals surface area contributed by atoms with E-state index in [9.17, 15) is 9.59 Å². The van der Waals surface area contributed by atoms with E-state index in [4.69, 9.17) is 9.16 Å². The number of hydrogen-bond donors (Lipinski definition) is 1. The first kappa shape index (κ1) is 26.0. The third-order valence-corrected chi connectivity index (χ3v) is 11.7. The molecule has 2 aromatic carbocycles. The highest BCUT2D eigenvalue weighted by Crippen LogP contribution is 2.42. The van der Waals surface area contributed by atoms with E-state index in [1.807, 2.05) is 59.5 Å². The molecule has 1 N–H and O–H groups in total. The standard InChI is InChI=1S/C27H38N2O4Si/c1-19-24(18-33-34(6,7)27(3,4)5)29(20(2)30)23-16-12-11-15-22(23)25(19)28-26(31)32-17-21-13-9-8-10-14-21/h8-16,19,24-25H,17-18H2,1-7H3,(H,28,31). The molecule has 7 heteroatoms. The van der Waals surface area contributed by atoms with Gasteiger partial charge in [0.15, 0.2) is 8.32 Å². The van der Waals surface area contributed by atoms with Crippen molar-refractivity contribution in [2.75, 3.05) is 11.5 Å². The summed E-state index contributed by atoms with van der Waals surface area (Å²) in [4.78, 5) is 27.4. The first-order valence-electron chi connectivity index (χ1n) is 11.9. The fraction of sp³-hybridized carbons (Fsp3) is 0.481. The number of alkyl carbamates (subject to hydrolysis) is 1. The van der Waals surface area contributed by atoms with Crippen LogP contribution in [0.2, 0.25) is 18.1 Å². The van der Waals surface area contributed by atoms with Crippen LogP contribution in [-0.2, 0) is 20.6 Å². The predicted molar refractivity (Wildman–Crippen MR) is 138 cm³/mol. The van der Waals surface area contributed by atoms with E-state index in [1.54, 1.807) is 6.92 Å². The Morgan fingerprint density at radius 1 is 1.03 bits per heavy atom. The van der Waals surface area contributed by atoms with Gasteiger partial charge in [-0.05, 0) is 35.3 Å². The Kier molecular flexibility index (Phi) is 7.88.